The summed E-state index contributed by atoms with van der Waals surface area (Å²) in [5.74, 6) is -0.0990. The van der Waals surface area contributed by atoms with Gasteiger partial charge in [-0.1, -0.05) is 28.9 Å². The normalized spacial score (nSPS) is 30.3. The van der Waals surface area contributed by atoms with Crippen molar-refractivity contribution in [1.29, 1.82) is 0 Å². The van der Waals surface area contributed by atoms with Gasteiger partial charge in [0.15, 0.2) is 11.4 Å². The van der Waals surface area contributed by atoms with Crippen LogP contribution in [0.3, 0.4) is 0 Å². The van der Waals surface area contributed by atoms with Gasteiger partial charge in [-0.05, 0) is 12.8 Å². The largest absolute Gasteiger partial charge is 0.377 e. The summed E-state index contributed by atoms with van der Waals surface area (Å²) in [6.07, 6.45) is 3.55. The molecule has 0 aromatic carbocycles. The number of allylic oxidation sites excluding steroid dienone is 1. The third-order valence-corrected chi connectivity index (χ3v) is 2.99. The highest BCUT2D eigenvalue weighted by molar-refractivity contribution is 9.11. The first-order valence-corrected chi connectivity index (χ1v) is 4.52. The van der Waals surface area contributed by atoms with Crippen LogP contribution in [-0.4, -0.2) is 16.5 Å². The Morgan fingerprint density at radius 1 is 1.91 bits per heavy atom. The molecule has 11 heavy (non-hydrogen) atoms. The van der Waals surface area contributed by atoms with Gasteiger partial charge in [0.05, 0.1) is 0 Å². The molecule has 0 amide bonds. The Hall–Kier alpha value is -0.150. The number of carbonyl (C=O) groups excluding carboxylic acids is 1. The molecule has 0 fully saturated rings. The summed E-state index contributed by atoms with van der Waals surface area (Å²) >= 11 is 3.19. The van der Waals surface area contributed by atoms with Gasteiger partial charge < -0.3 is 5.11 Å². The number of hydrogen-bond acceptors (Lipinski definition) is 2. The van der Waals surface area contributed by atoms with E-state index >= 15 is 0 Å². The maximum Gasteiger partial charge on any atom is 0.169 e. The molecule has 0 spiro atoms. The highest BCUT2D eigenvalue weighted by Crippen LogP contribution is 2.35. The molecule has 0 aromatic heterocycles. The number of rotatable bonds is 2. The van der Waals surface area contributed by atoms with Gasteiger partial charge in [0.2, 0.25) is 0 Å². The smallest absolute Gasteiger partial charge is 0.169 e. The molecule has 0 saturated heterocycles. The van der Waals surface area contributed by atoms with E-state index in [0.717, 1.165) is 6.42 Å². The molecular formula is C8H11BrO2. The van der Waals surface area contributed by atoms with Gasteiger partial charge in [-0.3, -0.25) is 4.79 Å². The van der Waals surface area contributed by atoms with Crippen LogP contribution in [-0.2, 0) is 4.79 Å². The molecule has 62 valence electrons. The van der Waals surface area contributed by atoms with Crippen molar-refractivity contribution in [3.63, 3.8) is 0 Å². The predicted molar refractivity (Wildman–Crippen MR) is 46.5 cm³/mol. The van der Waals surface area contributed by atoms with E-state index in [2.05, 4.69) is 15.9 Å². The number of ketones is 1. The van der Waals surface area contributed by atoms with E-state index in [1.165, 1.54) is 0 Å². The first kappa shape index (κ1) is 8.94. The van der Waals surface area contributed by atoms with Crippen molar-refractivity contribution in [1.82, 2.24) is 0 Å². The number of aliphatic hydroxyl groups is 1. The Labute approximate surface area is 74.4 Å². The molecular weight excluding hydrogens is 208 g/mol. The van der Waals surface area contributed by atoms with Crippen LogP contribution in [0.1, 0.15) is 26.2 Å². The molecule has 0 aliphatic heterocycles. The molecule has 1 atom stereocenters. The minimum absolute atomic E-state index is 0.0990. The monoisotopic (exact) mass is 218 g/mol. The maximum absolute atomic E-state index is 11.2. The number of hydrogen-bond donors (Lipinski definition) is 1. The number of carbonyl (C=O) groups is 1. The first-order chi connectivity index (χ1) is 5.11. The van der Waals surface area contributed by atoms with Crippen LogP contribution in [0.2, 0.25) is 0 Å². The van der Waals surface area contributed by atoms with Crippen molar-refractivity contribution in [2.45, 2.75) is 31.8 Å². The van der Waals surface area contributed by atoms with Crippen molar-refractivity contribution in [3.05, 3.63) is 10.6 Å². The summed E-state index contributed by atoms with van der Waals surface area (Å²) < 4.78 is 0.636. The fraction of sp³-hybridized carbons (Fsp3) is 0.625. The lowest BCUT2D eigenvalue weighted by Crippen LogP contribution is -2.36. The zero-order valence-corrected chi connectivity index (χ0v) is 8.02. The van der Waals surface area contributed by atoms with E-state index in [0.29, 0.717) is 17.3 Å². The molecule has 0 aromatic rings. The quantitative estimate of drug-likeness (QED) is 0.768. The number of Topliss-reactive ketones (excluding diaryl/α,β-unsaturated/α-hetero) is 1. The van der Waals surface area contributed by atoms with Gasteiger partial charge >= 0.3 is 0 Å². The van der Waals surface area contributed by atoms with E-state index < -0.39 is 5.60 Å². The van der Waals surface area contributed by atoms with Crippen LogP contribution in [0.5, 0.6) is 0 Å². The molecule has 0 saturated carbocycles. The summed E-state index contributed by atoms with van der Waals surface area (Å²) in [7, 11) is 0. The Morgan fingerprint density at radius 2 is 2.55 bits per heavy atom. The van der Waals surface area contributed by atoms with Crippen LogP contribution >= 0.6 is 15.9 Å². The van der Waals surface area contributed by atoms with E-state index in [9.17, 15) is 9.90 Å². The first-order valence-electron chi connectivity index (χ1n) is 3.73. The average Bonchev–Trinajstić information content (AvgIpc) is 2.32. The second-order valence-electron chi connectivity index (χ2n) is 2.73. The van der Waals surface area contributed by atoms with E-state index in [1.807, 2.05) is 6.08 Å². The van der Waals surface area contributed by atoms with Crippen LogP contribution in [0, 0.1) is 0 Å². The van der Waals surface area contributed by atoms with Crippen molar-refractivity contribution in [3.8, 4) is 0 Å². The third kappa shape index (κ3) is 1.40. The Kier molecular flexibility index (Phi) is 2.50. The van der Waals surface area contributed by atoms with Crippen molar-refractivity contribution in [2.75, 3.05) is 0 Å². The van der Waals surface area contributed by atoms with Crippen LogP contribution in [0.15, 0.2) is 10.6 Å². The second-order valence-corrected chi connectivity index (χ2v) is 3.58. The summed E-state index contributed by atoms with van der Waals surface area (Å²) in [6.45, 7) is 1.76. The van der Waals surface area contributed by atoms with Gasteiger partial charge in [0, 0.05) is 10.9 Å². The van der Waals surface area contributed by atoms with Crippen molar-refractivity contribution in [2.24, 2.45) is 0 Å². The minimum atomic E-state index is -1.20. The molecule has 1 aliphatic rings. The molecule has 3 heteroatoms. The molecule has 0 bridgehead atoms. The maximum atomic E-state index is 11.2. The summed E-state index contributed by atoms with van der Waals surface area (Å²) in [5.41, 5.74) is -1.20. The highest BCUT2D eigenvalue weighted by atomic mass is 79.9. The van der Waals surface area contributed by atoms with Crippen molar-refractivity contribution < 1.29 is 9.90 Å². The SMILES string of the molecule is CCC(=O)C1(O)CCC=C1Br. The lowest BCUT2D eigenvalue weighted by molar-refractivity contribution is -0.132. The van der Waals surface area contributed by atoms with Gasteiger partial charge in [-0.2, -0.15) is 0 Å². The Balaban J connectivity index is 2.83. The zero-order valence-electron chi connectivity index (χ0n) is 6.43. The molecule has 1 aliphatic carbocycles. The zero-order chi connectivity index (χ0) is 8.48. The lowest BCUT2D eigenvalue weighted by atomic mass is 9.96. The van der Waals surface area contributed by atoms with Gasteiger partial charge in [0.1, 0.15) is 0 Å². The fourth-order valence-electron chi connectivity index (χ4n) is 1.26. The third-order valence-electron chi connectivity index (χ3n) is 2.01. The lowest BCUT2D eigenvalue weighted by Gasteiger charge is -2.20. The average molecular weight is 219 g/mol. The summed E-state index contributed by atoms with van der Waals surface area (Å²) in [6, 6.07) is 0. The van der Waals surface area contributed by atoms with Crippen LogP contribution < -0.4 is 0 Å². The summed E-state index contributed by atoms with van der Waals surface area (Å²) in [5, 5.41) is 9.76. The molecule has 2 nitrogen and oxygen atoms in total. The molecule has 0 radical (unpaired) electrons. The Morgan fingerprint density at radius 3 is 2.91 bits per heavy atom. The van der Waals surface area contributed by atoms with Crippen LogP contribution in [0.4, 0.5) is 0 Å². The van der Waals surface area contributed by atoms with E-state index in [1.54, 1.807) is 6.92 Å². The standard InChI is InChI=1S/C8H11BrO2/c1-2-7(10)8(11)5-3-4-6(8)9/h4,11H,2-3,5H2,1H3. The molecule has 1 unspecified atom stereocenters. The Bertz CT molecular complexity index is 210. The van der Waals surface area contributed by atoms with Gasteiger partial charge in [-0.15, -0.1) is 0 Å². The van der Waals surface area contributed by atoms with Gasteiger partial charge in [-0.25, -0.2) is 0 Å². The fourth-order valence-corrected chi connectivity index (χ4v) is 1.91. The predicted octanol–water partition coefficient (Wildman–Crippen LogP) is 1.77. The summed E-state index contributed by atoms with van der Waals surface area (Å²) in [4.78, 5) is 11.2. The van der Waals surface area contributed by atoms with Crippen molar-refractivity contribution >= 4 is 21.7 Å². The minimum Gasteiger partial charge on any atom is -0.377 e. The van der Waals surface area contributed by atoms with E-state index in [-0.39, 0.29) is 5.78 Å². The number of halogens is 1. The topological polar surface area (TPSA) is 37.3 Å². The molecule has 1 rings (SSSR count). The van der Waals surface area contributed by atoms with E-state index in [4.69, 9.17) is 0 Å². The second kappa shape index (κ2) is 3.07. The highest BCUT2D eigenvalue weighted by Gasteiger charge is 2.39. The molecule has 0 heterocycles. The van der Waals surface area contributed by atoms with Gasteiger partial charge in [0.25, 0.3) is 0 Å². The van der Waals surface area contributed by atoms with Crippen LogP contribution in [0.25, 0.3) is 0 Å². The molecule has 1 N–H and O–H groups in total.